The van der Waals surface area contributed by atoms with Crippen LogP contribution in [0.25, 0.3) is 0 Å². The molecule has 1 aliphatic rings. The molecule has 1 aromatic heterocycles. The van der Waals surface area contributed by atoms with E-state index >= 15 is 0 Å². The molecule has 8 heteroatoms. The number of amides is 1. The fraction of sp³-hybridized carbons (Fsp3) is 0.583. The second kappa shape index (κ2) is 6.43. The van der Waals surface area contributed by atoms with Crippen molar-refractivity contribution in [2.45, 2.75) is 36.4 Å². The molecule has 1 N–H and O–H groups in total. The van der Waals surface area contributed by atoms with E-state index in [9.17, 15) is 13.2 Å². The molecule has 1 saturated heterocycles. The fourth-order valence-corrected chi connectivity index (χ4v) is 4.86. The lowest BCUT2D eigenvalue weighted by molar-refractivity contribution is -0.125. The number of hydrogen-bond donors (Lipinski definition) is 1. The minimum absolute atomic E-state index is 0.0645. The van der Waals surface area contributed by atoms with E-state index in [2.05, 4.69) is 4.72 Å². The van der Waals surface area contributed by atoms with Gasteiger partial charge < -0.3 is 0 Å². The molecule has 112 valence electrons. The molecule has 1 fully saturated rings. The fourth-order valence-electron chi connectivity index (χ4n) is 2.36. The molecular weight excluding hydrogens is 320 g/mol. The maximum absolute atomic E-state index is 12.2. The van der Waals surface area contributed by atoms with Gasteiger partial charge in [-0.1, -0.05) is 24.9 Å². The zero-order valence-electron chi connectivity index (χ0n) is 11.1. The number of rotatable bonds is 4. The Balaban J connectivity index is 2.10. The molecule has 0 aliphatic carbocycles. The first-order chi connectivity index (χ1) is 9.44. The van der Waals surface area contributed by atoms with Gasteiger partial charge in [0, 0.05) is 0 Å². The largest absolute Gasteiger partial charge is 0.292 e. The second-order valence-corrected chi connectivity index (χ2v) is 8.29. The lowest BCUT2D eigenvalue weighted by Gasteiger charge is -2.33. The van der Waals surface area contributed by atoms with Crippen molar-refractivity contribution in [2.75, 3.05) is 13.1 Å². The van der Waals surface area contributed by atoms with Gasteiger partial charge in [-0.25, -0.2) is 13.1 Å². The van der Waals surface area contributed by atoms with E-state index in [-0.39, 0.29) is 10.3 Å². The van der Waals surface area contributed by atoms with Gasteiger partial charge in [-0.05, 0) is 38.1 Å². The summed E-state index contributed by atoms with van der Waals surface area (Å²) >= 11 is 6.67. The van der Waals surface area contributed by atoms with Crippen molar-refractivity contribution in [3.8, 4) is 0 Å². The Morgan fingerprint density at radius 1 is 1.50 bits per heavy atom. The summed E-state index contributed by atoms with van der Waals surface area (Å²) < 4.78 is 26.8. The Morgan fingerprint density at radius 2 is 2.25 bits per heavy atom. The normalized spacial score (nSPS) is 20.8. The monoisotopic (exact) mass is 336 g/mol. The van der Waals surface area contributed by atoms with E-state index in [4.69, 9.17) is 11.6 Å². The molecule has 1 aromatic rings. The van der Waals surface area contributed by atoms with Crippen LogP contribution in [0.2, 0.25) is 4.34 Å². The van der Waals surface area contributed by atoms with Crippen LogP contribution >= 0.6 is 22.9 Å². The minimum atomic E-state index is -3.81. The van der Waals surface area contributed by atoms with Crippen molar-refractivity contribution in [1.82, 2.24) is 9.62 Å². The van der Waals surface area contributed by atoms with E-state index < -0.39 is 15.9 Å². The van der Waals surface area contributed by atoms with Crippen molar-refractivity contribution < 1.29 is 13.2 Å². The Kier molecular flexibility index (Phi) is 5.06. The minimum Gasteiger partial charge on any atom is -0.292 e. The Morgan fingerprint density at radius 3 is 2.85 bits per heavy atom. The Bertz CT molecular complexity index is 585. The van der Waals surface area contributed by atoms with Crippen LogP contribution in [0.3, 0.4) is 0 Å². The van der Waals surface area contributed by atoms with Crippen LogP contribution in [0.4, 0.5) is 0 Å². The molecule has 0 bridgehead atoms. The standard InChI is InChI=1S/C12H17ClN2O3S2/c1-2-15-8-4-3-5-9(15)12(16)14-20(17,18)11-7-6-10(13)19-11/h6-7,9H,2-5,8H2,1H3,(H,14,16)/t9-/m1/s1. The van der Waals surface area contributed by atoms with Crippen molar-refractivity contribution in [3.05, 3.63) is 16.5 Å². The summed E-state index contributed by atoms with van der Waals surface area (Å²) in [5, 5.41) is 0. The summed E-state index contributed by atoms with van der Waals surface area (Å²) in [4.78, 5) is 14.2. The Hall–Kier alpha value is -0.630. The lowest BCUT2D eigenvalue weighted by Crippen LogP contribution is -2.50. The van der Waals surface area contributed by atoms with Crippen LogP contribution < -0.4 is 4.72 Å². The zero-order valence-corrected chi connectivity index (χ0v) is 13.5. The van der Waals surface area contributed by atoms with Gasteiger partial charge in [-0.3, -0.25) is 9.69 Å². The molecule has 0 unspecified atom stereocenters. The summed E-state index contributed by atoms with van der Waals surface area (Å²) in [6.07, 6.45) is 2.69. The number of nitrogens with zero attached hydrogens (tertiary/aromatic N) is 1. The summed E-state index contributed by atoms with van der Waals surface area (Å²) in [6, 6.07) is 2.55. The van der Waals surface area contributed by atoms with Gasteiger partial charge in [-0.2, -0.15) is 0 Å². The van der Waals surface area contributed by atoms with Crippen molar-refractivity contribution in [3.63, 3.8) is 0 Å². The number of sulfonamides is 1. The van der Waals surface area contributed by atoms with Crippen LogP contribution in [-0.4, -0.2) is 38.4 Å². The maximum atomic E-state index is 12.2. The highest BCUT2D eigenvalue weighted by Gasteiger charge is 2.31. The van der Waals surface area contributed by atoms with Gasteiger partial charge in [0.2, 0.25) is 0 Å². The van der Waals surface area contributed by atoms with Crippen molar-refractivity contribution in [1.29, 1.82) is 0 Å². The topological polar surface area (TPSA) is 66.5 Å². The number of piperidine rings is 1. The first-order valence-electron chi connectivity index (χ1n) is 6.50. The predicted octanol–water partition coefficient (Wildman–Crippen LogP) is 2.08. The molecular formula is C12H17ClN2O3S2. The number of halogens is 1. The van der Waals surface area contributed by atoms with Gasteiger partial charge in [0.15, 0.2) is 0 Å². The molecule has 5 nitrogen and oxygen atoms in total. The van der Waals surface area contributed by atoms with Crippen LogP contribution in [0.1, 0.15) is 26.2 Å². The molecule has 20 heavy (non-hydrogen) atoms. The quantitative estimate of drug-likeness (QED) is 0.914. The number of thiophene rings is 1. The number of carbonyl (C=O) groups excluding carboxylic acids is 1. The van der Waals surface area contributed by atoms with Crippen molar-refractivity contribution >= 4 is 38.9 Å². The van der Waals surface area contributed by atoms with Crippen LogP contribution in [0.5, 0.6) is 0 Å². The third kappa shape index (κ3) is 3.52. The van der Waals surface area contributed by atoms with E-state index in [1.54, 1.807) is 0 Å². The Labute approximate surface area is 128 Å². The molecule has 0 aromatic carbocycles. The van der Waals surface area contributed by atoms with E-state index in [0.717, 1.165) is 37.3 Å². The lowest BCUT2D eigenvalue weighted by atomic mass is 10.0. The van der Waals surface area contributed by atoms with Gasteiger partial charge in [-0.15, -0.1) is 11.3 Å². The van der Waals surface area contributed by atoms with Gasteiger partial charge in [0.25, 0.3) is 15.9 Å². The summed E-state index contributed by atoms with van der Waals surface area (Å²) in [5.74, 6) is -0.448. The molecule has 1 aliphatic heterocycles. The smallest absolute Gasteiger partial charge is 0.273 e. The third-order valence-corrected chi connectivity index (χ3v) is 6.44. The number of carbonyl (C=O) groups is 1. The molecule has 2 rings (SSSR count). The summed E-state index contributed by atoms with van der Waals surface area (Å²) in [5.41, 5.74) is 0. The SMILES string of the molecule is CCN1CCCC[C@@H]1C(=O)NS(=O)(=O)c1ccc(Cl)s1. The molecule has 2 heterocycles. The first kappa shape index (κ1) is 15.8. The average molecular weight is 337 g/mol. The van der Waals surface area contributed by atoms with E-state index in [1.807, 2.05) is 11.8 Å². The molecule has 0 radical (unpaired) electrons. The van der Waals surface area contributed by atoms with Gasteiger partial charge >= 0.3 is 0 Å². The van der Waals surface area contributed by atoms with Gasteiger partial charge in [0.1, 0.15) is 4.21 Å². The second-order valence-electron chi connectivity index (χ2n) is 4.67. The summed E-state index contributed by atoms with van der Waals surface area (Å²) in [7, 11) is -3.81. The zero-order chi connectivity index (χ0) is 14.8. The highest BCUT2D eigenvalue weighted by Crippen LogP contribution is 2.25. The van der Waals surface area contributed by atoms with Crippen LogP contribution in [-0.2, 0) is 14.8 Å². The summed E-state index contributed by atoms with van der Waals surface area (Å²) in [6.45, 7) is 3.54. The first-order valence-corrected chi connectivity index (χ1v) is 9.18. The number of hydrogen-bond acceptors (Lipinski definition) is 5. The molecule has 1 atom stereocenters. The van der Waals surface area contributed by atoms with Crippen LogP contribution in [0, 0.1) is 0 Å². The van der Waals surface area contributed by atoms with Gasteiger partial charge in [0.05, 0.1) is 10.4 Å². The third-order valence-electron chi connectivity index (χ3n) is 3.37. The molecule has 0 saturated carbocycles. The average Bonchev–Trinajstić information content (AvgIpc) is 2.85. The number of nitrogens with one attached hydrogen (secondary N) is 1. The predicted molar refractivity (Wildman–Crippen MR) is 79.5 cm³/mol. The molecule has 1 amide bonds. The number of likely N-dealkylation sites (tertiary alicyclic amines) is 1. The highest BCUT2D eigenvalue weighted by atomic mass is 35.5. The maximum Gasteiger partial charge on any atom is 0.273 e. The van der Waals surface area contributed by atoms with E-state index in [1.165, 1.54) is 12.1 Å². The molecule has 0 spiro atoms. The highest BCUT2D eigenvalue weighted by molar-refractivity contribution is 7.92. The van der Waals surface area contributed by atoms with Crippen molar-refractivity contribution in [2.24, 2.45) is 0 Å². The van der Waals surface area contributed by atoms with E-state index in [0.29, 0.717) is 10.8 Å². The number of likely N-dealkylation sites (N-methyl/N-ethyl adjacent to an activating group) is 1. The van der Waals surface area contributed by atoms with Crippen LogP contribution in [0.15, 0.2) is 16.3 Å².